The normalized spacial score (nSPS) is 10.3. The molecule has 28 heavy (non-hydrogen) atoms. The number of furan rings is 1. The van der Waals surface area contributed by atoms with Crippen LogP contribution in [0.2, 0.25) is 0 Å². The monoisotopic (exact) mass is 399 g/mol. The predicted octanol–water partition coefficient (Wildman–Crippen LogP) is 4.01. The van der Waals surface area contributed by atoms with Gasteiger partial charge in [-0.05, 0) is 31.2 Å². The summed E-state index contributed by atoms with van der Waals surface area (Å²) in [5, 5.41) is 4.71. The topological polar surface area (TPSA) is 94.8 Å². The van der Waals surface area contributed by atoms with Crippen LogP contribution in [0.5, 0.6) is 5.75 Å². The number of amides is 1. The molecule has 3 aromatic rings. The van der Waals surface area contributed by atoms with Gasteiger partial charge in [0.15, 0.2) is 12.9 Å². The quantitative estimate of drug-likeness (QED) is 0.454. The molecule has 0 aliphatic carbocycles. The van der Waals surface area contributed by atoms with E-state index in [0.717, 1.165) is 0 Å². The van der Waals surface area contributed by atoms with Crippen molar-refractivity contribution in [3.8, 4) is 17.1 Å². The smallest absolute Gasteiger partial charge is 0.341 e. The molecule has 0 unspecified atom stereocenters. The Morgan fingerprint density at radius 3 is 2.75 bits per heavy atom. The molecule has 0 aliphatic rings. The minimum Gasteiger partial charge on any atom is -0.483 e. The van der Waals surface area contributed by atoms with Gasteiger partial charge in [-0.2, -0.15) is 0 Å². The number of anilines is 1. The number of hydrogen-bond donors (Lipinski definition) is 1. The molecule has 144 valence electrons. The van der Waals surface area contributed by atoms with Crippen molar-refractivity contribution in [1.29, 1.82) is 0 Å². The fourth-order valence-corrected chi connectivity index (χ4v) is 3.44. The Labute approximate surface area is 164 Å². The van der Waals surface area contributed by atoms with E-state index in [1.807, 2.05) is 0 Å². The molecule has 0 saturated heterocycles. The molecule has 0 aliphatic heterocycles. The lowest BCUT2D eigenvalue weighted by Gasteiger charge is -2.10. The number of carbonyl (C=O) groups excluding carboxylic acids is 3. The summed E-state index contributed by atoms with van der Waals surface area (Å²) in [6.07, 6.45) is 2.15. The van der Waals surface area contributed by atoms with Crippen molar-refractivity contribution in [1.82, 2.24) is 0 Å². The van der Waals surface area contributed by atoms with Crippen LogP contribution < -0.4 is 10.1 Å². The third-order valence-electron chi connectivity index (χ3n) is 3.71. The maximum atomic E-state index is 12.4. The third kappa shape index (κ3) is 4.29. The second kappa shape index (κ2) is 9.01. The first-order valence-electron chi connectivity index (χ1n) is 8.43. The van der Waals surface area contributed by atoms with Crippen molar-refractivity contribution < 1.29 is 28.3 Å². The third-order valence-corrected chi connectivity index (χ3v) is 4.61. The van der Waals surface area contributed by atoms with Crippen molar-refractivity contribution in [2.75, 3.05) is 18.5 Å². The Balaban J connectivity index is 1.77. The van der Waals surface area contributed by atoms with E-state index in [2.05, 4.69) is 5.32 Å². The van der Waals surface area contributed by atoms with Gasteiger partial charge in [-0.25, -0.2) is 4.79 Å². The van der Waals surface area contributed by atoms with Crippen LogP contribution in [0.1, 0.15) is 27.6 Å². The number of aldehydes is 1. The van der Waals surface area contributed by atoms with E-state index in [9.17, 15) is 14.4 Å². The fourth-order valence-electron chi connectivity index (χ4n) is 2.48. The molecule has 3 rings (SSSR count). The van der Waals surface area contributed by atoms with E-state index < -0.39 is 11.9 Å². The van der Waals surface area contributed by atoms with Gasteiger partial charge in [-0.1, -0.05) is 12.1 Å². The number of ether oxygens (including phenoxy) is 2. The van der Waals surface area contributed by atoms with E-state index in [0.29, 0.717) is 33.9 Å². The summed E-state index contributed by atoms with van der Waals surface area (Å²) < 4.78 is 15.9. The molecule has 1 N–H and O–H groups in total. The van der Waals surface area contributed by atoms with Gasteiger partial charge in [-0.15, -0.1) is 11.3 Å². The van der Waals surface area contributed by atoms with Gasteiger partial charge in [0.05, 0.1) is 18.4 Å². The zero-order valence-corrected chi connectivity index (χ0v) is 15.8. The molecule has 0 atom stereocenters. The van der Waals surface area contributed by atoms with Gasteiger partial charge >= 0.3 is 5.97 Å². The van der Waals surface area contributed by atoms with Crippen molar-refractivity contribution in [2.24, 2.45) is 0 Å². The summed E-state index contributed by atoms with van der Waals surface area (Å²) in [5.41, 5.74) is 1.11. The molecular formula is C20H17NO6S. The number of nitrogens with one attached hydrogen (secondary N) is 1. The number of para-hydroxylation sites is 1. The number of hydrogen-bond acceptors (Lipinski definition) is 7. The number of carbonyl (C=O) groups is 3. The number of esters is 1. The lowest BCUT2D eigenvalue weighted by atomic mass is 10.1. The summed E-state index contributed by atoms with van der Waals surface area (Å²) in [5.74, 6) is -0.228. The van der Waals surface area contributed by atoms with Crippen LogP contribution >= 0.6 is 11.3 Å². The lowest BCUT2D eigenvalue weighted by molar-refractivity contribution is -0.118. The molecule has 0 fully saturated rings. The second-order valence-corrected chi connectivity index (χ2v) is 6.42. The highest BCUT2D eigenvalue weighted by Crippen LogP contribution is 2.36. The molecule has 7 nitrogen and oxygen atoms in total. The van der Waals surface area contributed by atoms with Gasteiger partial charge in [0.2, 0.25) is 0 Å². The highest BCUT2D eigenvalue weighted by Gasteiger charge is 2.24. The average Bonchev–Trinajstić information content (AvgIpc) is 3.36. The van der Waals surface area contributed by atoms with E-state index in [1.165, 1.54) is 17.6 Å². The molecule has 2 heterocycles. The standard InChI is InChI=1S/C20H17NO6S/c1-2-25-20(24)18-14(16-8-5-9-26-16)12-28-19(18)21-17(23)11-27-15-7-4-3-6-13(15)10-22/h3-10,12H,2,11H2,1H3,(H,21,23). The lowest BCUT2D eigenvalue weighted by Crippen LogP contribution is -2.21. The maximum absolute atomic E-state index is 12.4. The number of thiophene rings is 1. The molecule has 1 aromatic carbocycles. The van der Waals surface area contributed by atoms with E-state index in [1.54, 1.807) is 48.7 Å². The van der Waals surface area contributed by atoms with E-state index >= 15 is 0 Å². The minimum atomic E-state index is -0.558. The average molecular weight is 399 g/mol. The molecule has 2 aromatic heterocycles. The summed E-state index contributed by atoms with van der Waals surface area (Å²) >= 11 is 1.18. The molecule has 0 spiro atoms. The number of benzene rings is 1. The van der Waals surface area contributed by atoms with E-state index in [4.69, 9.17) is 13.9 Å². The van der Waals surface area contributed by atoms with Crippen LogP contribution in [-0.2, 0) is 9.53 Å². The van der Waals surface area contributed by atoms with Crippen LogP contribution in [0.15, 0.2) is 52.5 Å². The Kier molecular flexibility index (Phi) is 6.23. The molecule has 8 heteroatoms. The Hall–Kier alpha value is -3.39. The largest absolute Gasteiger partial charge is 0.483 e. The maximum Gasteiger partial charge on any atom is 0.341 e. The van der Waals surface area contributed by atoms with Crippen molar-refractivity contribution in [3.63, 3.8) is 0 Å². The van der Waals surface area contributed by atoms with Gasteiger partial charge in [-0.3, -0.25) is 9.59 Å². The summed E-state index contributed by atoms with van der Waals surface area (Å²) in [6, 6.07) is 10.0. The fraction of sp³-hybridized carbons (Fsp3) is 0.150. The van der Waals surface area contributed by atoms with Gasteiger partial charge in [0, 0.05) is 10.9 Å². The molecule has 0 saturated carbocycles. The van der Waals surface area contributed by atoms with Crippen molar-refractivity contribution in [3.05, 3.63) is 59.2 Å². The first-order valence-corrected chi connectivity index (χ1v) is 9.31. The van der Waals surface area contributed by atoms with Crippen LogP contribution in [-0.4, -0.2) is 31.4 Å². The van der Waals surface area contributed by atoms with Crippen molar-refractivity contribution >= 4 is 34.5 Å². The molecule has 1 amide bonds. The molecule has 0 bridgehead atoms. The Bertz CT molecular complexity index is 977. The van der Waals surface area contributed by atoms with E-state index in [-0.39, 0.29) is 18.8 Å². The summed E-state index contributed by atoms with van der Waals surface area (Å²) in [7, 11) is 0. The first-order chi connectivity index (χ1) is 13.6. The highest BCUT2D eigenvalue weighted by molar-refractivity contribution is 7.15. The number of rotatable bonds is 8. The van der Waals surface area contributed by atoms with Crippen LogP contribution in [0.25, 0.3) is 11.3 Å². The second-order valence-electron chi connectivity index (χ2n) is 5.54. The van der Waals surface area contributed by atoms with Gasteiger partial charge in [0.1, 0.15) is 22.1 Å². The molecule has 0 radical (unpaired) electrons. The highest BCUT2D eigenvalue weighted by atomic mass is 32.1. The van der Waals surface area contributed by atoms with Crippen LogP contribution in [0.4, 0.5) is 5.00 Å². The zero-order chi connectivity index (χ0) is 19.9. The molecular weight excluding hydrogens is 382 g/mol. The van der Waals surface area contributed by atoms with Gasteiger partial charge in [0.25, 0.3) is 5.91 Å². The SMILES string of the molecule is CCOC(=O)c1c(-c2ccco2)csc1NC(=O)COc1ccccc1C=O. The van der Waals surface area contributed by atoms with Gasteiger partial charge < -0.3 is 19.2 Å². The Morgan fingerprint density at radius 1 is 1.21 bits per heavy atom. The minimum absolute atomic E-state index is 0.200. The van der Waals surface area contributed by atoms with Crippen LogP contribution in [0, 0.1) is 0 Å². The zero-order valence-electron chi connectivity index (χ0n) is 15.0. The summed E-state index contributed by atoms with van der Waals surface area (Å²) in [6.45, 7) is 1.58. The van der Waals surface area contributed by atoms with Crippen LogP contribution in [0.3, 0.4) is 0 Å². The summed E-state index contributed by atoms with van der Waals surface area (Å²) in [4.78, 5) is 35.7. The Morgan fingerprint density at radius 2 is 2.04 bits per heavy atom. The predicted molar refractivity (Wildman–Crippen MR) is 104 cm³/mol. The van der Waals surface area contributed by atoms with Crippen molar-refractivity contribution in [2.45, 2.75) is 6.92 Å². The first kappa shape index (κ1) is 19.4.